The van der Waals surface area contributed by atoms with Crippen LogP contribution in [-0.2, 0) is 6.42 Å². The molecule has 0 bridgehead atoms. The zero-order chi connectivity index (χ0) is 14.3. The first-order valence-corrected chi connectivity index (χ1v) is 6.03. The monoisotopic (exact) mass is 262 g/mol. The summed E-state index contributed by atoms with van der Waals surface area (Å²) in [7, 11) is 0. The molecule has 4 nitrogen and oxygen atoms in total. The van der Waals surface area contributed by atoms with Crippen LogP contribution in [0, 0.1) is 0 Å². The summed E-state index contributed by atoms with van der Waals surface area (Å²) in [6.45, 7) is 1.98. The minimum absolute atomic E-state index is 0.211. The minimum atomic E-state index is -0.430. The summed E-state index contributed by atoms with van der Waals surface area (Å²) in [5, 5.41) is 36.0. The number of phenolic OH excluding ortho intramolecular Hbond substituents is 4. The standard InChI is InChI=1S/C9H12O3.C6H6O/c1-2-3-6-4-5-7(10)9(12)8(6)11;7-6-4-2-1-3-5-6/h4-5,10-12H,2-3H2,1H3;1-5,7H. The molecule has 4 heteroatoms. The van der Waals surface area contributed by atoms with Crippen molar-refractivity contribution in [2.24, 2.45) is 0 Å². The van der Waals surface area contributed by atoms with E-state index in [4.69, 9.17) is 15.3 Å². The molecule has 0 amide bonds. The van der Waals surface area contributed by atoms with Crippen LogP contribution in [0.4, 0.5) is 0 Å². The Morgan fingerprint density at radius 2 is 1.42 bits per heavy atom. The van der Waals surface area contributed by atoms with E-state index in [0.29, 0.717) is 17.7 Å². The number of hydrogen-bond donors (Lipinski definition) is 4. The Hall–Kier alpha value is -2.36. The Kier molecular flexibility index (Phi) is 5.54. The second-order valence-corrected chi connectivity index (χ2v) is 4.03. The largest absolute Gasteiger partial charge is 0.508 e. The van der Waals surface area contributed by atoms with Crippen LogP contribution in [0.15, 0.2) is 42.5 Å². The van der Waals surface area contributed by atoms with E-state index in [2.05, 4.69) is 0 Å². The van der Waals surface area contributed by atoms with Crippen molar-refractivity contribution in [2.75, 3.05) is 0 Å². The summed E-state index contributed by atoms with van der Waals surface area (Å²) < 4.78 is 0. The van der Waals surface area contributed by atoms with Gasteiger partial charge in [-0.05, 0) is 30.2 Å². The second kappa shape index (κ2) is 7.16. The summed E-state index contributed by atoms with van der Waals surface area (Å²) in [6, 6.07) is 11.7. The van der Waals surface area contributed by atoms with Gasteiger partial charge in [0.2, 0.25) is 5.75 Å². The molecule has 102 valence electrons. The lowest BCUT2D eigenvalue weighted by molar-refractivity contribution is 0.365. The van der Waals surface area contributed by atoms with Crippen molar-refractivity contribution < 1.29 is 20.4 Å². The molecule has 0 saturated carbocycles. The van der Waals surface area contributed by atoms with Crippen molar-refractivity contribution in [1.29, 1.82) is 0 Å². The van der Waals surface area contributed by atoms with E-state index in [1.807, 2.05) is 13.0 Å². The van der Waals surface area contributed by atoms with Gasteiger partial charge in [0.1, 0.15) is 5.75 Å². The molecular weight excluding hydrogens is 244 g/mol. The predicted octanol–water partition coefficient (Wildman–Crippen LogP) is 3.15. The van der Waals surface area contributed by atoms with Crippen molar-refractivity contribution in [3.63, 3.8) is 0 Å². The summed E-state index contributed by atoms with van der Waals surface area (Å²) in [5.41, 5.74) is 0.660. The molecule has 19 heavy (non-hydrogen) atoms. The van der Waals surface area contributed by atoms with Crippen molar-refractivity contribution in [3.05, 3.63) is 48.0 Å². The molecule has 0 fully saturated rings. The lowest BCUT2D eigenvalue weighted by atomic mass is 10.1. The van der Waals surface area contributed by atoms with Gasteiger partial charge in [-0.1, -0.05) is 37.6 Å². The van der Waals surface area contributed by atoms with Crippen LogP contribution in [0.3, 0.4) is 0 Å². The van der Waals surface area contributed by atoms with E-state index in [1.165, 1.54) is 6.07 Å². The first-order chi connectivity index (χ1) is 9.06. The lowest BCUT2D eigenvalue weighted by Gasteiger charge is -2.05. The highest BCUT2D eigenvalue weighted by atomic mass is 16.3. The first kappa shape index (κ1) is 14.7. The average Bonchev–Trinajstić information content (AvgIpc) is 2.41. The Bertz CT molecular complexity index is 509. The Balaban J connectivity index is 0.000000218. The number of benzene rings is 2. The van der Waals surface area contributed by atoms with Gasteiger partial charge in [0.25, 0.3) is 0 Å². The van der Waals surface area contributed by atoms with E-state index < -0.39 is 5.75 Å². The number of rotatable bonds is 2. The van der Waals surface area contributed by atoms with Gasteiger partial charge in [-0.3, -0.25) is 0 Å². The summed E-state index contributed by atoms with van der Waals surface area (Å²) in [5.74, 6) is -0.604. The third-order valence-corrected chi connectivity index (χ3v) is 2.49. The number of hydrogen-bond acceptors (Lipinski definition) is 4. The summed E-state index contributed by atoms with van der Waals surface area (Å²) in [6.07, 6.45) is 1.58. The maximum atomic E-state index is 9.30. The number of aryl methyl sites for hydroxylation is 1. The van der Waals surface area contributed by atoms with Crippen LogP contribution in [0.2, 0.25) is 0 Å². The average molecular weight is 262 g/mol. The molecule has 0 aliphatic rings. The smallest absolute Gasteiger partial charge is 0.200 e. The van der Waals surface area contributed by atoms with E-state index in [9.17, 15) is 5.11 Å². The van der Waals surface area contributed by atoms with Gasteiger partial charge >= 0.3 is 0 Å². The quantitative estimate of drug-likeness (QED) is 0.627. The third kappa shape index (κ3) is 4.43. The molecular formula is C15H18O4. The molecule has 0 spiro atoms. The molecule has 0 aliphatic heterocycles. The van der Waals surface area contributed by atoms with E-state index in [0.717, 1.165) is 6.42 Å². The molecule has 0 aliphatic carbocycles. The highest BCUT2D eigenvalue weighted by Crippen LogP contribution is 2.37. The Morgan fingerprint density at radius 3 is 1.89 bits per heavy atom. The summed E-state index contributed by atoms with van der Waals surface area (Å²) >= 11 is 0. The van der Waals surface area contributed by atoms with Gasteiger partial charge < -0.3 is 20.4 Å². The summed E-state index contributed by atoms with van der Waals surface area (Å²) in [4.78, 5) is 0. The van der Waals surface area contributed by atoms with Crippen LogP contribution >= 0.6 is 0 Å². The zero-order valence-electron chi connectivity index (χ0n) is 10.7. The zero-order valence-corrected chi connectivity index (χ0v) is 10.7. The molecule has 4 N–H and O–H groups in total. The molecule has 0 heterocycles. The van der Waals surface area contributed by atoms with Gasteiger partial charge in [0, 0.05) is 0 Å². The molecule has 2 aromatic carbocycles. The topological polar surface area (TPSA) is 80.9 Å². The van der Waals surface area contributed by atoms with Crippen molar-refractivity contribution in [3.8, 4) is 23.0 Å². The van der Waals surface area contributed by atoms with Gasteiger partial charge in [-0.25, -0.2) is 0 Å². The molecule has 0 unspecified atom stereocenters. The number of para-hydroxylation sites is 1. The molecule has 0 atom stereocenters. The van der Waals surface area contributed by atoms with Crippen molar-refractivity contribution in [2.45, 2.75) is 19.8 Å². The van der Waals surface area contributed by atoms with E-state index >= 15 is 0 Å². The Morgan fingerprint density at radius 1 is 0.789 bits per heavy atom. The van der Waals surface area contributed by atoms with Gasteiger partial charge in [0.15, 0.2) is 11.5 Å². The fourth-order valence-corrected chi connectivity index (χ4v) is 1.51. The second-order valence-electron chi connectivity index (χ2n) is 4.03. The van der Waals surface area contributed by atoms with Crippen LogP contribution in [0.5, 0.6) is 23.0 Å². The number of phenols is 4. The maximum absolute atomic E-state index is 9.30. The third-order valence-electron chi connectivity index (χ3n) is 2.49. The fraction of sp³-hybridized carbons (Fsp3) is 0.200. The van der Waals surface area contributed by atoms with Crippen molar-refractivity contribution in [1.82, 2.24) is 0 Å². The van der Waals surface area contributed by atoms with Gasteiger partial charge in [-0.2, -0.15) is 0 Å². The van der Waals surface area contributed by atoms with Crippen LogP contribution in [0.25, 0.3) is 0 Å². The normalized spacial score (nSPS) is 9.53. The highest BCUT2D eigenvalue weighted by molar-refractivity contribution is 5.53. The first-order valence-electron chi connectivity index (χ1n) is 6.03. The molecule has 2 aromatic rings. The van der Waals surface area contributed by atoms with Crippen LogP contribution in [0.1, 0.15) is 18.9 Å². The Labute approximate surface area is 112 Å². The van der Waals surface area contributed by atoms with Crippen LogP contribution < -0.4 is 0 Å². The maximum Gasteiger partial charge on any atom is 0.200 e. The van der Waals surface area contributed by atoms with Gasteiger partial charge in [-0.15, -0.1) is 0 Å². The lowest BCUT2D eigenvalue weighted by Crippen LogP contribution is -1.84. The fourth-order valence-electron chi connectivity index (χ4n) is 1.51. The molecule has 0 saturated heterocycles. The minimum Gasteiger partial charge on any atom is -0.508 e. The molecule has 0 radical (unpaired) electrons. The SMILES string of the molecule is CCCc1ccc(O)c(O)c1O.Oc1ccccc1. The molecule has 2 rings (SSSR count). The molecule has 0 aromatic heterocycles. The van der Waals surface area contributed by atoms with E-state index in [1.54, 1.807) is 30.3 Å². The van der Waals surface area contributed by atoms with Crippen molar-refractivity contribution >= 4 is 0 Å². The van der Waals surface area contributed by atoms with Crippen LogP contribution in [-0.4, -0.2) is 20.4 Å². The van der Waals surface area contributed by atoms with Gasteiger partial charge in [0.05, 0.1) is 0 Å². The highest BCUT2D eigenvalue weighted by Gasteiger charge is 2.09. The predicted molar refractivity (Wildman–Crippen MR) is 73.5 cm³/mol. The number of aromatic hydroxyl groups is 4. The van der Waals surface area contributed by atoms with E-state index in [-0.39, 0.29) is 11.5 Å².